The standard InChI is InChI=1S/C15H26O4/c1-7-11(9(3)4)15(8-2,14(18)19)12(10(5)6)13(16)17/h9,11H,7-8H2,1-6H3,(H,16,17)(H,18,19). The van der Waals surface area contributed by atoms with E-state index in [-0.39, 0.29) is 23.8 Å². The van der Waals surface area contributed by atoms with E-state index < -0.39 is 17.4 Å². The Morgan fingerprint density at radius 2 is 1.58 bits per heavy atom. The molecule has 0 aliphatic rings. The lowest BCUT2D eigenvalue weighted by Crippen LogP contribution is -2.45. The van der Waals surface area contributed by atoms with Gasteiger partial charge in [-0.2, -0.15) is 0 Å². The summed E-state index contributed by atoms with van der Waals surface area (Å²) >= 11 is 0. The maximum Gasteiger partial charge on any atom is 0.332 e. The van der Waals surface area contributed by atoms with Crippen LogP contribution in [-0.2, 0) is 9.59 Å². The molecule has 2 N–H and O–H groups in total. The number of hydrogen-bond donors (Lipinski definition) is 2. The molecule has 0 spiro atoms. The van der Waals surface area contributed by atoms with Gasteiger partial charge in [0.05, 0.1) is 5.57 Å². The fraction of sp³-hybridized carbons (Fsp3) is 0.733. The third-order valence-electron chi connectivity index (χ3n) is 3.98. The topological polar surface area (TPSA) is 74.6 Å². The summed E-state index contributed by atoms with van der Waals surface area (Å²) in [6.07, 6.45) is 0.924. The average molecular weight is 270 g/mol. The summed E-state index contributed by atoms with van der Waals surface area (Å²) in [5, 5.41) is 19.2. The van der Waals surface area contributed by atoms with Gasteiger partial charge >= 0.3 is 11.9 Å². The Labute approximate surface area is 115 Å². The van der Waals surface area contributed by atoms with Crippen LogP contribution in [-0.4, -0.2) is 22.2 Å². The van der Waals surface area contributed by atoms with Crippen molar-refractivity contribution in [3.05, 3.63) is 11.1 Å². The normalized spacial score (nSPS) is 15.7. The Bertz CT molecular complexity index is 378. The van der Waals surface area contributed by atoms with E-state index in [9.17, 15) is 19.8 Å². The maximum absolute atomic E-state index is 11.9. The fourth-order valence-electron chi connectivity index (χ4n) is 3.28. The maximum atomic E-state index is 11.9. The van der Waals surface area contributed by atoms with Crippen molar-refractivity contribution in [1.82, 2.24) is 0 Å². The molecule has 0 radical (unpaired) electrons. The largest absolute Gasteiger partial charge is 0.481 e. The van der Waals surface area contributed by atoms with Crippen molar-refractivity contribution >= 4 is 11.9 Å². The Morgan fingerprint density at radius 1 is 1.11 bits per heavy atom. The first kappa shape index (κ1) is 17.7. The van der Waals surface area contributed by atoms with Gasteiger partial charge in [-0.1, -0.05) is 39.7 Å². The Balaban J connectivity index is 6.28. The molecule has 0 rings (SSSR count). The number of aliphatic carboxylic acids is 2. The lowest BCUT2D eigenvalue weighted by molar-refractivity contribution is -0.155. The van der Waals surface area contributed by atoms with E-state index in [0.29, 0.717) is 12.0 Å². The molecule has 110 valence electrons. The summed E-state index contributed by atoms with van der Waals surface area (Å²) in [6.45, 7) is 10.9. The van der Waals surface area contributed by atoms with Gasteiger partial charge < -0.3 is 10.2 Å². The van der Waals surface area contributed by atoms with E-state index in [1.54, 1.807) is 20.8 Å². The molecule has 0 amide bonds. The molecule has 0 bridgehead atoms. The molecule has 0 heterocycles. The minimum Gasteiger partial charge on any atom is -0.481 e. The Morgan fingerprint density at radius 3 is 1.74 bits per heavy atom. The number of hydrogen-bond acceptors (Lipinski definition) is 2. The van der Waals surface area contributed by atoms with E-state index in [1.165, 1.54) is 0 Å². The summed E-state index contributed by atoms with van der Waals surface area (Å²) in [6, 6.07) is 0. The molecule has 2 atom stereocenters. The predicted octanol–water partition coefficient (Wildman–Crippen LogP) is 3.57. The van der Waals surface area contributed by atoms with Gasteiger partial charge in [-0.05, 0) is 32.1 Å². The van der Waals surface area contributed by atoms with E-state index in [4.69, 9.17) is 0 Å². The van der Waals surface area contributed by atoms with Gasteiger partial charge in [-0.25, -0.2) is 4.79 Å². The van der Waals surface area contributed by atoms with Crippen molar-refractivity contribution in [2.75, 3.05) is 0 Å². The Hall–Kier alpha value is -1.32. The lowest BCUT2D eigenvalue weighted by atomic mass is 9.62. The molecule has 0 fully saturated rings. The number of carboxylic acids is 2. The molecular formula is C15H26O4. The molecule has 4 nitrogen and oxygen atoms in total. The second kappa shape index (κ2) is 6.73. The van der Waals surface area contributed by atoms with Gasteiger partial charge in [-0.15, -0.1) is 0 Å². The second-order valence-electron chi connectivity index (χ2n) is 5.57. The lowest BCUT2D eigenvalue weighted by Gasteiger charge is -2.39. The van der Waals surface area contributed by atoms with Crippen LogP contribution in [0.3, 0.4) is 0 Å². The quantitative estimate of drug-likeness (QED) is 0.693. The third-order valence-corrected chi connectivity index (χ3v) is 3.98. The van der Waals surface area contributed by atoms with Crippen molar-refractivity contribution in [3.8, 4) is 0 Å². The summed E-state index contributed by atoms with van der Waals surface area (Å²) < 4.78 is 0. The van der Waals surface area contributed by atoms with Crippen LogP contribution in [0.4, 0.5) is 0 Å². The monoisotopic (exact) mass is 270 g/mol. The molecule has 19 heavy (non-hydrogen) atoms. The third kappa shape index (κ3) is 3.17. The number of allylic oxidation sites excluding steroid dienone is 1. The zero-order valence-corrected chi connectivity index (χ0v) is 12.8. The van der Waals surface area contributed by atoms with Crippen LogP contribution in [0.25, 0.3) is 0 Å². The number of rotatable bonds is 7. The summed E-state index contributed by atoms with van der Waals surface area (Å²) in [5.74, 6) is -2.25. The second-order valence-corrected chi connectivity index (χ2v) is 5.57. The zero-order valence-electron chi connectivity index (χ0n) is 12.8. The highest BCUT2D eigenvalue weighted by molar-refractivity contribution is 5.97. The fourth-order valence-corrected chi connectivity index (χ4v) is 3.28. The van der Waals surface area contributed by atoms with Crippen molar-refractivity contribution in [2.45, 2.75) is 54.4 Å². The van der Waals surface area contributed by atoms with E-state index in [1.807, 2.05) is 20.8 Å². The molecule has 0 saturated carbocycles. The highest BCUT2D eigenvalue weighted by atomic mass is 16.4. The minimum absolute atomic E-state index is 0.0445. The first-order valence-corrected chi connectivity index (χ1v) is 6.81. The SMILES string of the molecule is CCC(C(C)C)C(CC)(C(=O)O)C(C(=O)O)=C(C)C. The molecule has 0 aromatic carbocycles. The van der Waals surface area contributed by atoms with Gasteiger partial charge in [-0.3, -0.25) is 4.79 Å². The van der Waals surface area contributed by atoms with E-state index >= 15 is 0 Å². The van der Waals surface area contributed by atoms with Crippen LogP contribution in [0.5, 0.6) is 0 Å². The average Bonchev–Trinajstić information content (AvgIpc) is 2.26. The molecule has 0 aromatic heterocycles. The predicted molar refractivity (Wildman–Crippen MR) is 75.0 cm³/mol. The molecule has 0 aromatic rings. The summed E-state index contributed by atoms with van der Waals surface area (Å²) in [4.78, 5) is 23.5. The van der Waals surface area contributed by atoms with Gasteiger partial charge in [0.1, 0.15) is 5.41 Å². The zero-order chi connectivity index (χ0) is 15.4. The van der Waals surface area contributed by atoms with Crippen LogP contribution >= 0.6 is 0 Å². The molecule has 2 unspecified atom stereocenters. The van der Waals surface area contributed by atoms with Crippen LogP contribution < -0.4 is 0 Å². The van der Waals surface area contributed by atoms with Crippen molar-refractivity contribution in [1.29, 1.82) is 0 Å². The first-order valence-electron chi connectivity index (χ1n) is 6.81. The molecular weight excluding hydrogens is 244 g/mol. The van der Waals surface area contributed by atoms with E-state index in [0.717, 1.165) is 0 Å². The first-order chi connectivity index (χ1) is 8.66. The minimum atomic E-state index is -1.31. The van der Waals surface area contributed by atoms with Crippen molar-refractivity contribution in [3.63, 3.8) is 0 Å². The Kier molecular flexibility index (Phi) is 6.27. The van der Waals surface area contributed by atoms with Gasteiger partial charge in [0.15, 0.2) is 0 Å². The number of carbonyl (C=O) groups is 2. The smallest absolute Gasteiger partial charge is 0.332 e. The van der Waals surface area contributed by atoms with Crippen molar-refractivity contribution in [2.24, 2.45) is 17.3 Å². The molecule has 0 saturated heterocycles. The van der Waals surface area contributed by atoms with Gasteiger partial charge in [0.25, 0.3) is 0 Å². The van der Waals surface area contributed by atoms with Crippen LogP contribution in [0.15, 0.2) is 11.1 Å². The summed E-state index contributed by atoms with van der Waals surface area (Å²) in [5.41, 5.74) is -0.702. The van der Waals surface area contributed by atoms with Gasteiger partial charge in [0.2, 0.25) is 0 Å². The van der Waals surface area contributed by atoms with Crippen LogP contribution in [0, 0.1) is 17.3 Å². The highest BCUT2D eigenvalue weighted by Gasteiger charge is 2.50. The molecule has 0 aliphatic carbocycles. The van der Waals surface area contributed by atoms with E-state index in [2.05, 4.69) is 0 Å². The van der Waals surface area contributed by atoms with Gasteiger partial charge in [0, 0.05) is 0 Å². The molecule has 0 aliphatic heterocycles. The highest BCUT2D eigenvalue weighted by Crippen LogP contribution is 2.46. The number of carboxylic acid groups (broad SMARTS) is 2. The van der Waals surface area contributed by atoms with Crippen LogP contribution in [0.1, 0.15) is 54.4 Å². The van der Waals surface area contributed by atoms with Crippen molar-refractivity contribution < 1.29 is 19.8 Å². The molecule has 4 heteroatoms. The van der Waals surface area contributed by atoms with Crippen LogP contribution in [0.2, 0.25) is 0 Å². The summed E-state index contributed by atoms with van der Waals surface area (Å²) in [7, 11) is 0.